The maximum absolute atomic E-state index is 11.5. The van der Waals surface area contributed by atoms with Gasteiger partial charge in [0.05, 0.1) is 13.0 Å². The third kappa shape index (κ3) is 3.98. The number of rotatable bonds is 3. The van der Waals surface area contributed by atoms with Crippen LogP contribution in [0.2, 0.25) is 0 Å². The fourth-order valence-corrected chi connectivity index (χ4v) is 1.48. The van der Waals surface area contributed by atoms with Gasteiger partial charge in [-0.25, -0.2) is 0 Å². The molecular formula is C10H15NO5. The first kappa shape index (κ1) is 12.6. The lowest BCUT2D eigenvalue weighted by Gasteiger charge is -2.20. The van der Waals surface area contributed by atoms with Crippen molar-refractivity contribution in [1.29, 1.82) is 0 Å². The third-order valence-electron chi connectivity index (χ3n) is 2.40. The minimum Gasteiger partial charge on any atom is -0.469 e. The second kappa shape index (κ2) is 6.22. The van der Waals surface area contributed by atoms with E-state index in [4.69, 9.17) is 0 Å². The lowest BCUT2D eigenvalue weighted by molar-refractivity contribution is -0.165. The standard InChI is InChI=1S/C10H15NO5/c1-15-8(12)6-9(13)16-10(14)7-2-4-11-5-3-7/h7,11H,2-6H2,1H3. The van der Waals surface area contributed by atoms with E-state index in [1.54, 1.807) is 0 Å². The maximum atomic E-state index is 11.5. The van der Waals surface area contributed by atoms with Gasteiger partial charge < -0.3 is 14.8 Å². The Morgan fingerprint density at radius 3 is 2.38 bits per heavy atom. The van der Waals surface area contributed by atoms with Crippen molar-refractivity contribution in [1.82, 2.24) is 5.32 Å². The number of hydrogen-bond acceptors (Lipinski definition) is 6. The molecule has 0 saturated carbocycles. The number of hydrogen-bond donors (Lipinski definition) is 1. The van der Waals surface area contributed by atoms with Gasteiger partial charge in [-0.2, -0.15) is 0 Å². The highest BCUT2D eigenvalue weighted by Crippen LogP contribution is 2.13. The van der Waals surface area contributed by atoms with Crippen LogP contribution >= 0.6 is 0 Å². The number of carbonyl (C=O) groups is 3. The molecular weight excluding hydrogens is 214 g/mol. The molecule has 0 aromatic heterocycles. The SMILES string of the molecule is COC(=O)CC(=O)OC(=O)C1CCNCC1. The molecule has 1 aliphatic rings. The van der Waals surface area contributed by atoms with Gasteiger partial charge in [0.25, 0.3) is 0 Å². The molecule has 0 radical (unpaired) electrons. The smallest absolute Gasteiger partial charge is 0.324 e. The van der Waals surface area contributed by atoms with Crippen molar-refractivity contribution in [2.75, 3.05) is 20.2 Å². The normalized spacial score (nSPS) is 16.6. The molecule has 16 heavy (non-hydrogen) atoms. The topological polar surface area (TPSA) is 81.7 Å². The van der Waals surface area contributed by atoms with Gasteiger partial charge in [0.2, 0.25) is 0 Å². The van der Waals surface area contributed by atoms with Crippen LogP contribution < -0.4 is 5.32 Å². The van der Waals surface area contributed by atoms with Crippen LogP contribution in [-0.4, -0.2) is 38.1 Å². The molecule has 0 atom stereocenters. The zero-order valence-electron chi connectivity index (χ0n) is 9.15. The monoisotopic (exact) mass is 229 g/mol. The van der Waals surface area contributed by atoms with E-state index < -0.39 is 24.3 Å². The molecule has 0 spiro atoms. The Kier molecular flexibility index (Phi) is 4.91. The number of methoxy groups -OCH3 is 1. The van der Waals surface area contributed by atoms with Gasteiger partial charge in [-0.1, -0.05) is 0 Å². The van der Waals surface area contributed by atoms with Crippen LogP contribution in [0.1, 0.15) is 19.3 Å². The minimum absolute atomic E-state index is 0.247. The van der Waals surface area contributed by atoms with Crippen LogP contribution in [-0.2, 0) is 23.9 Å². The predicted octanol–water partition coefficient (Wildman–Crippen LogP) is -0.381. The van der Waals surface area contributed by atoms with Crippen LogP contribution in [0.15, 0.2) is 0 Å². The molecule has 0 aromatic carbocycles. The van der Waals surface area contributed by atoms with Gasteiger partial charge >= 0.3 is 17.9 Å². The van der Waals surface area contributed by atoms with Crippen molar-refractivity contribution in [2.24, 2.45) is 5.92 Å². The summed E-state index contributed by atoms with van der Waals surface area (Å²) in [5.41, 5.74) is 0. The van der Waals surface area contributed by atoms with Crippen molar-refractivity contribution in [3.63, 3.8) is 0 Å². The van der Waals surface area contributed by atoms with E-state index in [0.717, 1.165) is 13.1 Å². The lowest BCUT2D eigenvalue weighted by atomic mass is 9.99. The Morgan fingerprint density at radius 1 is 1.19 bits per heavy atom. The second-order valence-electron chi connectivity index (χ2n) is 3.57. The Hall–Kier alpha value is -1.43. The zero-order chi connectivity index (χ0) is 12.0. The summed E-state index contributed by atoms with van der Waals surface area (Å²) >= 11 is 0. The fraction of sp³-hybridized carbons (Fsp3) is 0.700. The largest absolute Gasteiger partial charge is 0.469 e. The van der Waals surface area contributed by atoms with Crippen molar-refractivity contribution in [2.45, 2.75) is 19.3 Å². The summed E-state index contributed by atoms with van der Waals surface area (Å²) in [5.74, 6) is -2.35. The summed E-state index contributed by atoms with van der Waals surface area (Å²) in [5, 5.41) is 3.10. The first-order chi connectivity index (χ1) is 7.63. The van der Waals surface area contributed by atoms with Crippen molar-refractivity contribution in [3.05, 3.63) is 0 Å². The average molecular weight is 229 g/mol. The fourth-order valence-electron chi connectivity index (χ4n) is 1.48. The van der Waals surface area contributed by atoms with E-state index in [1.807, 2.05) is 0 Å². The minimum atomic E-state index is -0.851. The summed E-state index contributed by atoms with van der Waals surface area (Å²) < 4.78 is 8.84. The zero-order valence-corrected chi connectivity index (χ0v) is 9.15. The molecule has 0 aromatic rings. The van der Waals surface area contributed by atoms with Crippen molar-refractivity contribution < 1.29 is 23.9 Å². The maximum Gasteiger partial charge on any atom is 0.324 e. The second-order valence-corrected chi connectivity index (χ2v) is 3.57. The molecule has 0 aliphatic carbocycles. The van der Waals surface area contributed by atoms with E-state index in [0.29, 0.717) is 12.8 Å². The number of carbonyl (C=O) groups excluding carboxylic acids is 3. The Morgan fingerprint density at radius 2 is 1.81 bits per heavy atom. The van der Waals surface area contributed by atoms with Crippen molar-refractivity contribution >= 4 is 17.9 Å². The summed E-state index contributed by atoms with van der Waals surface area (Å²) in [6.07, 6.45) is 0.794. The van der Waals surface area contributed by atoms with Crippen molar-refractivity contribution in [3.8, 4) is 0 Å². The Labute approximate surface area is 93.3 Å². The Balaban J connectivity index is 2.32. The molecule has 0 amide bonds. The number of ether oxygens (including phenoxy) is 2. The average Bonchev–Trinajstić information content (AvgIpc) is 2.29. The Bertz CT molecular complexity index is 283. The van der Waals surface area contributed by atoms with Gasteiger partial charge in [-0.15, -0.1) is 0 Å². The number of piperidine rings is 1. The molecule has 0 bridgehead atoms. The molecule has 0 unspecified atom stereocenters. The summed E-state index contributed by atoms with van der Waals surface area (Å²) in [6.45, 7) is 1.48. The highest BCUT2D eigenvalue weighted by Gasteiger charge is 2.25. The van der Waals surface area contributed by atoms with E-state index in [9.17, 15) is 14.4 Å². The van der Waals surface area contributed by atoms with Crippen LogP contribution in [0.3, 0.4) is 0 Å². The van der Waals surface area contributed by atoms with E-state index in [-0.39, 0.29) is 5.92 Å². The molecule has 1 heterocycles. The van der Waals surface area contributed by atoms with Crippen LogP contribution in [0, 0.1) is 5.92 Å². The third-order valence-corrected chi connectivity index (χ3v) is 2.40. The highest BCUT2D eigenvalue weighted by atomic mass is 16.6. The van der Waals surface area contributed by atoms with Gasteiger partial charge in [-0.3, -0.25) is 14.4 Å². The predicted molar refractivity (Wildman–Crippen MR) is 53.3 cm³/mol. The van der Waals surface area contributed by atoms with Gasteiger partial charge in [0, 0.05) is 0 Å². The number of esters is 3. The lowest BCUT2D eigenvalue weighted by Crippen LogP contribution is -2.33. The molecule has 6 nitrogen and oxygen atoms in total. The molecule has 1 saturated heterocycles. The highest BCUT2D eigenvalue weighted by molar-refractivity contribution is 5.96. The number of nitrogens with one attached hydrogen (secondary N) is 1. The summed E-state index contributed by atoms with van der Waals surface area (Å²) in [7, 11) is 1.17. The van der Waals surface area contributed by atoms with Gasteiger partial charge in [0.1, 0.15) is 6.42 Å². The molecule has 1 N–H and O–H groups in total. The first-order valence-electron chi connectivity index (χ1n) is 5.15. The molecule has 1 aliphatic heterocycles. The van der Waals surface area contributed by atoms with Crippen LogP contribution in [0.25, 0.3) is 0 Å². The van der Waals surface area contributed by atoms with Crippen LogP contribution in [0.4, 0.5) is 0 Å². The first-order valence-corrected chi connectivity index (χ1v) is 5.15. The van der Waals surface area contributed by atoms with E-state index in [2.05, 4.69) is 14.8 Å². The van der Waals surface area contributed by atoms with E-state index in [1.165, 1.54) is 7.11 Å². The molecule has 6 heteroatoms. The van der Waals surface area contributed by atoms with E-state index >= 15 is 0 Å². The quantitative estimate of drug-likeness (QED) is 0.524. The molecule has 1 fully saturated rings. The van der Waals surface area contributed by atoms with Crippen LogP contribution in [0.5, 0.6) is 0 Å². The summed E-state index contributed by atoms with van der Waals surface area (Å²) in [6, 6.07) is 0. The van der Waals surface area contributed by atoms with Gasteiger partial charge in [0.15, 0.2) is 0 Å². The van der Waals surface area contributed by atoms with Gasteiger partial charge in [-0.05, 0) is 25.9 Å². The summed E-state index contributed by atoms with van der Waals surface area (Å²) in [4.78, 5) is 33.3. The molecule has 90 valence electrons. The molecule has 1 rings (SSSR count).